The quantitative estimate of drug-likeness (QED) is 0.827. The molecule has 1 aromatic rings. The van der Waals surface area contributed by atoms with E-state index in [0.717, 1.165) is 25.8 Å². The fraction of sp³-hybridized carbons (Fsp3) is 0.462. The van der Waals surface area contributed by atoms with Crippen molar-refractivity contribution < 1.29 is 13.2 Å². The number of benzene rings is 1. The highest BCUT2D eigenvalue weighted by Gasteiger charge is 2.23. The molecule has 0 radical (unpaired) electrons. The summed E-state index contributed by atoms with van der Waals surface area (Å²) >= 11 is 5.88. The number of amides is 2. The maximum Gasteiger partial charge on any atom is 0.322 e. The van der Waals surface area contributed by atoms with Crippen LogP contribution in [-0.4, -0.2) is 31.9 Å². The van der Waals surface area contributed by atoms with Gasteiger partial charge in [-0.05, 0) is 44.4 Å². The van der Waals surface area contributed by atoms with Crippen molar-refractivity contribution in [1.29, 1.82) is 0 Å². The van der Waals surface area contributed by atoms with Crippen LogP contribution < -0.4 is 5.32 Å². The molecule has 8 heteroatoms. The van der Waals surface area contributed by atoms with Gasteiger partial charge < -0.3 is 10.2 Å². The molecule has 21 heavy (non-hydrogen) atoms. The van der Waals surface area contributed by atoms with E-state index in [1.54, 1.807) is 4.90 Å². The maximum atomic E-state index is 12.2. The number of halogens is 2. The third kappa shape index (κ3) is 4.02. The monoisotopic (exact) mass is 350 g/mol. The van der Waals surface area contributed by atoms with Crippen LogP contribution >= 0.6 is 22.3 Å². The Bertz CT molecular complexity index is 649. The molecule has 0 spiro atoms. The summed E-state index contributed by atoms with van der Waals surface area (Å²) in [6.45, 7) is 2.73. The normalized spacial score (nSPS) is 19.4. The number of urea groups is 1. The third-order valence-corrected chi connectivity index (χ3v) is 5.31. The lowest BCUT2D eigenvalue weighted by molar-refractivity contribution is 0.170. The molecule has 0 bridgehead atoms. The maximum absolute atomic E-state index is 12.2. The van der Waals surface area contributed by atoms with Gasteiger partial charge in [-0.2, -0.15) is 0 Å². The first-order valence-corrected chi connectivity index (χ1v) is 9.29. The average molecular weight is 351 g/mol. The van der Waals surface area contributed by atoms with Crippen LogP contribution in [0.1, 0.15) is 26.2 Å². The number of rotatable bonds is 2. The average Bonchev–Trinajstić information content (AvgIpc) is 2.37. The van der Waals surface area contributed by atoms with E-state index in [1.165, 1.54) is 18.2 Å². The second kappa shape index (κ2) is 6.42. The van der Waals surface area contributed by atoms with Gasteiger partial charge in [0.1, 0.15) is 4.90 Å². The standard InChI is InChI=1S/C13H16Cl2N2O3S/c1-9-4-2-3-7-17(9)13(18)16-10-5-6-12(11(14)8-10)21(15,19)20/h5-6,8-9H,2-4,7H2,1H3,(H,16,18)/t9-/m0/s1. The molecule has 1 aliphatic rings. The molecule has 1 heterocycles. The number of nitrogens with one attached hydrogen (secondary N) is 1. The van der Waals surface area contributed by atoms with Crippen molar-refractivity contribution in [3.8, 4) is 0 Å². The molecule has 1 N–H and O–H groups in total. The second-order valence-corrected chi connectivity index (χ2v) is 7.99. The van der Waals surface area contributed by atoms with E-state index in [9.17, 15) is 13.2 Å². The van der Waals surface area contributed by atoms with Crippen LogP contribution in [0, 0.1) is 0 Å². The summed E-state index contributed by atoms with van der Waals surface area (Å²) in [5, 5.41) is 2.71. The Labute approximate surface area is 133 Å². The highest BCUT2D eigenvalue weighted by atomic mass is 35.7. The Kier molecular flexibility index (Phi) is 5.01. The zero-order chi connectivity index (χ0) is 15.6. The molecule has 2 rings (SSSR count). The van der Waals surface area contributed by atoms with E-state index in [4.69, 9.17) is 22.3 Å². The van der Waals surface area contributed by atoms with E-state index in [2.05, 4.69) is 5.32 Å². The molecule has 116 valence electrons. The second-order valence-electron chi connectivity index (χ2n) is 5.05. The van der Waals surface area contributed by atoms with Crippen LogP contribution in [-0.2, 0) is 9.05 Å². The van der Waals surface area contributed by atoms with Gasteiger partial charge in [-0.3, -0.25) is 0 Å². The number of carbonyl (C=O) groups is 1. The Morgan fingerprint density at radius 2 is 2.10 bits per heavy atom. The zero-order valence-corrected chi connectivity index (χ0v) is 13.8. The Morgan fingerprint density at radius 1 is 1.38 bits per heavy atom. The summed E-state index contributed by atoms with van der Waals surface area (Å²) in [5.41, 5.74) is 0.437. The smallest absolute Gasteiger partial charge is 0.322 e. The van der Waals surface area contributed by atoms with Crippen molar-refractivity contribution in [1.82, 2.24) is 4.90 Å². The van der Waals surface area contributed by atoms with Crippen molar-refractivity contribution in [3.63, 3.8) is 0 Å². The molecule has 0 aliphatic carbocycles. The third-order valence-electron chi connectivity index (χ3n) is 3.51. The van der Waals surface area contributed by atoms with Gasteiger partial charge in [-0.1, -0.05) is 11.6 Å². The first-order chi connectivity index (χ1) is 9.79. The minimum Gasteiger partial charge on any atom is -0.322 e. The minimum atomic E-state index is -3.89. The zero-order valence-electron chi connectivity index (χ0n) is 11.5. The van der Waals surface area contributed by atoms with Crippen molar-refractivity contribution in [2.75, 3.05) is 11.9 Å². The molecule has 1 aromatic carbocycles. The van der Waals surface area contributed by atoms with Crippen LogP contribution in [0.5, 0.6) is 0 Å². The highest BCUT2D eigenvalue weighted by molar-refractivity contribution is 8.13. The lowest BCUT2D eigenvalue weighted by Crippen LogP contribution is -2.44. The minimum absolute atomic E-state index is 0.0190. The van der Waals surface area contributed by atoms with Crippen LogP contribution in [0.3, 0.4) is 0 Å². The van der Waals surface area contributed by atoms with E-state index >= 15 is 0 Å². The van der Waals surface area contributed by atoms with E-state index < -0.39 is 9.05 Å². The molecule has 1 atom stereocenters. The molecule has 5 nitrogen and oxygen atoms in total. The number of carbonyl (C=O) groups excluding carboxylic acids is 1. The largest absolute Gasteiger partial charge is 0.322 e. The number of hydrogen-bond acceptors (Lipinski definition) is 3. The topological polar surface area (TPSA) is 66.5 Å². The van der Waals surface area contributed by atoms with E-state index in [-0.39, 0.29) is 22.0 Å². The number of hydrogen-bond donors (Lipinski definition) is 1. The van der Waals surface area contributed by atoms with Gasteiger partial charge in [0, 0.05) is 29.0 Å². The van der Waals surface area contributed by atoms with Gasteiger partial charge in [0.2, 0.25) is 0 Å². The molecule has 1 aliphatic heterocycles. The molecule has 0 saturated carbocycles. The summed E-state index contributed by atoms with van der Waals surface area (Å²) in [6.07, 6.45) is 3.10. The predicted molar refractivity (Wildman–Crippen MR) is 83.5 cm³/mol. The van der Waals surface area contributed by atoms with Crippen molar-refractivity contribution in [3.05, 3.63) is 23.2 Å². The van der Waals surface area contributed by atoms with E-state index in [1.807, 2.05) is 6.92 Å². The lowest BCUT2D eigenvalue weighted by atomic mass is 10.0. The number of piperidine rings is 1. The molecule has 1 fully saturated rings. The van der Waals surface area contributed by atoms with Gasteiger partial charge in [0.05, 0.1) is 5.02 Å². The fourth-order valence-electron chi connectivity index (χ4n) is 2.37. The SMILES string of the molecule is C[C@H]1CCCCN1C(=O)Nc1ccc(S(=O)(=O)Cl)c(Cl)c1. The number of nitrogens with zero attached hydrogens (tertiary/aromatic N) is 1. The summed E-state index contributed by atoms with van der Waals surface area (Å²) in [5.74, 6) is 0. The first kappa shape index (κ1) is 16.4. The fourth-order valence-corrected chi connectivity index (χ4v) is 3.90. The van der Waals surface area contributed by atoms with Crippen LogP contribution in [0.15, 0.2) is 23.1 Å². The van der Waals surface area contributed by atoms with Crippen LogP contribution in [0.25, 0.3) is 0 Å². The van der Waals surface area contributed by atoms with Crippen molar-refractivity contribution >= 4 is 43.1 Å². The van der Waals surface area contributed by atoms with Crippen molar-refractivity contribution in [2.24, 2.45) is 0 Å². The number of anilines is 1. The molecule has 0 aromatic heterocycles. The van der Waals surface area contributed by atoms with Gasteiger partial charge in [-0.15, -0.1) is 0 Å². The molecule has 2 amide bonds. The molecular weight excluding hydrogens is 335 g/mol. The van der Waals surface area contributed by atoms with Gasteiger partial charge in [0.15, 0.2) is 0 Å². The highest BCUT2D eigenvalue weighted by Crippen LogP contribution is 2.28. The summed E-state index contributed by atoms with van der Waals surface area (Å²) in [6, 6.07) is 4.10. The molecule has 1 saturated heterocycles. The summed E-state index contributed by atoms with van der Waals surface area (Å²) in [4.78, 5) is 13.8. The predicted octanol–water partition coefficient (Wildman–Crippen LogP) is 3.67. The Morgan fingerprint density at radius 3 is 2.67 bits per heavy atom. The molecule has 0 unspecified atom stereocenters. The van der Waals surface area contributed by atoms with Gasteiger partial charge in [-0.25, -0.2) is 13.2 Å². The molecular formula is C13H16Cl2N2O3S. The van der Waals surface area contributed by atoms with E-state index in [0.29, 0.717) is 5.69 Å². The first-order valence-electron chi connectivity index (χ1n) is 6.61. The summed E-state index contributed by atoms with van der Waals surface area (Å²) < 4.78 is 22.5. The van der Waals surface area contributed by atoms with Gasteiger partial charge >= 0.3 is 6.03 Å². The Hall–Kier alpha value is -0.980. The lowest BCUT2D eigenvalue weighted by Gasteiger charge is -2.33. The van der Waals surface area contributed by atoms with Crippen LogP contribution in [0.2, 0.25) is 5.02 Å². The Balaban J connectivity index is 2.13. The number of likely N-dealkylation sites (tertiary alicyclic amines) is 1. The summed E-state index contributed by atoms with van der Waals surface area (Å²) in [7, 11) is 1.36. The van der Waals surface area contributed by atoms with Gasteiger partial charge in [0.25, 0.3) is 9.05 Å². The van der Waals surface area contributed by atoms with Crippen LogP contribution in [0.4, 0.5) is 10.5 Å². The van der Waals surface area contributed by atoms with Crippen molar-refractivity contribution in [2.45, 2.75) is 37.1 Å².